The van der Waals surface area contributed by atoms with E-state index in [0.717, 1.165) is 21.6 Å². The van der Waals surface area contributed by atoms with Crippen LogP contribution in [-0.2, 0) is 6.42 Å². The van der Waals surface area contributed by atoms with Crippen molar-refractivity contribution in [2.45, 2.75) is 38.7 Å². The highest BCUT2D eigenvalue weighted by atomic mass is 32.1. The first kappa shape index (κ1) is 25.1. The van der Waals surface area contributed by atoms with Crippen molar-refractivity contribution in [2.75, 3.05) is 25.0 Å². The van der Waals surface area contributed by atoms with Crippen LogP contribution in [0.25, 0.3) is 11.0 Å². The van der Waals surface area contributed by atoms with Crippen LogP contribution in [0.4, 0.5) is 14.5 Å². The van der Waals surface area contributed by atoms with Gasteiger partial charge in [0.2, 0.25) is 5.88 Å². The van der Waals surface area contributed by atoms with E-state index >= 15 is 0 Å². The van der Waals surface area contributed by atoms with E-state index in [0.29, 0.717) is 55.2 Å². The number of piperidine rings is 1. The number of hydrogen-bond donors (Lipinski definition) is 1. The number of hydrogen-bond acceptors (Lipinski definition) is 8. The normalized spacial score (nSPS) is 14.8. The molecule has 4 heterocycles. The molecule has 0 unspecified atom stereocenters. The van der Waals surface area contributed by atoms with Gasteiger partial charge in [-0.15, -0.1) is 0 Å². The fourth-order valence-corrected chi connectivity index (χ4v) is 5.25. The van der Waals surface area contributed by atoms with Crippen LogP contribution in [0.1, 0.15) is 39.5 Å². The van der Waals surface area contributed by atoms with Gasteiger partial charge in [0.1, 0.15) is 6.10 Å². The zero-order valence-electron chi connectivity index (χ0n) is 20.2. The van der Waals surface area contributed by atoms with Crippen molar-refractivity contribution in [3.05, 3.63) is 70.6 Å². The summed E-state index contributed by atoms with van der Waals surface area (Å²) in [5, 5.41) is 2.89. The Morgan fingerprint density at radius 1 is 1.14 bits per heavy atom. The van der Waals surface area contributed by atoms with Crippen LogP contribution in [0.3, 0.4) is 0 Å². The van der Waals surface area contributed by atoms with Gasteiger partial charge in [0, 0.05) is 36.7 Å². The first-order valence-corrected chi connectivity index (χ1v) is 12.8. The SMILES string of the molecule is Cc1nsc(Cc2cnc3ccccc3n2)c1C(=O)Nc1ccc(OC2CCN(CC(F)F)CC2)nc1. The number of aryl methyl sites for hydroxylation is 1. The van der Waals surface area contributed by atoms with Gasteiger partial charge in [-0.1, -0.05) is 12.1 Å². The van der Waals surface area contributed by atoms with Crippen molar-refractivity contribution in [1.82, 2.24) is 24.2 Å². The highest BCUT2D eigenvalue weighted by Crippen LogP contribution is 2.24. The molecule has 0 aliphatic carbocycles. The minimum Gasteiger partial charge on any atom is -0.474 e. The molecule has 5 rings (SSSR count). The fraction of sp³-hybridized carbons (Fsp3) is 0.346. The van der Waals surface area contributed by atoms with E-state index in [1.807, 2.05) is 31.2 Å². The molecule has 1 amide bonds. The number of likely N-dealkylation sites (tertiary alicyclic amines) is 1. The third-order valence-electron chi connectivity index (χ3n) is 6.21. The van der Waals surface area contributed by atoms with E-state index in [-0.39, 0.29) is 18.6 Å². The number of para-hydroxylation sites is 2. The predicted molar refractivity (Wildman–Crippen MR) is 137 cm³/mol. The maximum atomic E-state index is 13.1. The van der Waals surface area contributed by atoms with Gasteiger partial charge in [-0.3, -0.25) is 14.7 Å². The largest absolute Gasteiger partial charge is 0.474 e. The van der Waals surface area contributed by atoms with Crippen LogP contribution in [0.5, 0.6) is 5.88 Å². The Bertz CT molecular complexity index is 1370. The van der Waals surface area contributed by atoms with Crippen molar-refractivity contribution in [3.63, 3.8) is 0 Å². The standard InChI is InChI=1S/C26H26F2N6O2S/c1-16-25(22(37-33-16)12-18-14-29-20-4-2-3-5-21(20)31-18)26(35)32-17-6-7-24(30-13-17)36-19-8-10-34(11-9-19)15-23(27)28/h2-7,13-14,19,23H,8-12,15H2,1H3,(H,32,35). The zero-order valence-corrected chi connectivity index (χ0v) is 21.0. The van der Waals surface area contributed by atoms with Gasteiger partial charge in [-0.05, 0) is 49.5 Å². The highest BCUT2D eigenvalue weighted by molar-refractivity contribution is 7.06. The summed E-state index contributed by atoms with van der Waals surface area (Å²) >= 11 is 1.28. The van der Waals surface area contributed by atoms with E-state index in [1.54, 1.807) is 29.4 Å². The van der Waals surface area contributed by atoms with E-state index in [4.69, 9.17) is 4.74 Å². The molecule has 37 heavy (non-hydrogen) atoms. The molecule has 0 bridgehead atoms. The number of fused-ring (bicyclic) bond motifs is 1. The van der Waals surface area contributed by atoms with Crippen molar-refractivity contribution in [2.24, 2.45) is 0 Å². The van der Waals surface area contributed by atoms with Crippen LogP contribution in [0, 0.1) is 6.92 Å². The van der Waals surface area contributed by atoms with Gasteiger partial charge < -0.3 is 10.1 Å². The first-order chi connectivity index (χ1) is 17.9. The summed E-state index contributed by atoms with van der Waals surface area (Å²) in [4.78, 5) is 29.1. The number of nitrogens with one attached hydrogen (secondary N) is 1. The number of halogens is 2. The van der Waals surface area contributed by atoms with Crippen LogP contribution >= 0.6 is 11.5 Å². The molecule has 0 spiro atoms. The molecule has 192 valence electrons. The number of nitrogens with zero attached hydrogens (tertiary/aromatic N) is 5. The number of amides is 1. The van der Waals surface area contributed by atoms with E-state index < -0.39 is 6.43 Å². The van der Waals surface area contributed by atoms with Gasteiger partial charge in [-0.25, -0.2) is 18.7 Å². The maximum absolute atomic E-state index is 13.1. The minimum absolute atomic E-state index is 0.0674. The number of benzene rings is 1. The number of carbonyl (C=O) groups excluding carboxylic acids is 1. The molecular formula is C26H26F2N6O2S. The molecule has 1 saturated heterocycles. The van der Waals surface area contributed by atoms with E-state index in [1.165, 1.54) is 11.5 Å². The highest BCUT2D eigenvalue weighted by Gasteiger charge is 2.23. The van der Waals surface area contributed by atoms with Crippen LogP contribution in [0.15, 0.2) is 48.8 Å². The molecule has 3 aromatic heterocycles. The Kier molecular flexibility index (Phi) is 7.61. The Morgan fingerprint density at radius 3 is 2.65 bits per heavy atom. The zero-order chi connectivity index (χ0) is 25.8. The molecular weight excluding hydrogens is 498 g/mol. The summed E-state index contributed by atoms with van der Waals surface area (Å²) in [6.45, 7) is 2.76. The molecule has 8 nitrogen and oxygen atoms in total. The van der Waals surface area contributed by atoms with Crippen molar-refractivity contribution in [1.29, 1.82) is 0 Å². The monoisotopic (exact) mass is 524 g/mol. The number of ether oxygens (including phenoxy) is 1. The smallest absolute Gasteiger partial charge is 0.258 e. The van der Waals surface area contributed by atoms with Crippen LogP contribution in [0.2, 0.25) is 0 Å². The molecule has 1 aromatic carbocycles. The average molecular weight is 525 g/mol. The van der Waals surface area contributed by atoms with Gasteiger partial charge in [0.15, 0.2) is 0 Å². The van der Waals surface area contributed by atoms with E-state index in [9.17, 15) is 13.6 Å². The molecule has 1 aliphatic rings. The quantitative estimate of drug-likeness (QED) is 0.356. The van der Waals surface area contributed by atoms with Gasteiger partial charge in [0.05, 0.1) is 46.4 Å². The maximum Gasteiger partial charge on any atom is 0.258 e. The fourth-order valence-electron chi connectivity index (χ4n) is 4.37. The minimum atomic E-state index is -2.32. The summed E-state index contributed by atoms with van der Waals surface area (Å²) in [6, 6.07) is 11.1. The number of rotatable bonds is 8. The average Bonchev–Trinajstić information content (AvgIpc) is 3.25. The third-order valence-corrected chi connectivity index (χ3v) is 7.15. The van der Waals surface area contributed by atoms with Crippen LogP contribution < -0.4 is 10.1 Å². The Labute approximate surface area is 216 Å². The summed E-state index contributed by atoms with van der Waals surface area (Å²) in [5.74, 6) is 0.172. The summed E-state index contributed by atoms with van der Waals surface area (Å²) in [7, 11) is 0. The topological polar surface area (TPSA) is 93.1 Å². The molecule has 0 saturated carbocycles. The second-order valence-corrected chi connectivity index (χ2v) is 9.80. The van der Waals surface area contributed by atoms with Crippen molar-refractivity contribution < 1.29 is 18.3 Å². The molecule has 0 atom stereocenters. The molecule has 11 heteroatoms. The predicted octanol–water partition coefficient (Wildman–Crippen LogP) is 4.74. The number of aromatic nitrogens is 4. The lowest BCUT2D eigenvalue weighted by Gasteiger charge is -2.31. The number of alkyl halides is 2. The number of anilines is 1. The lowest BCUT2D eigenvalue weighted by Crippen LogP contribution is -2.40. The summed E-state index contributed by atoms with van der Waals surface area (Å²) in [5.41, 5.74) is 4.10. The Morgan fingerprint density at radius 2 is 1.92 bits per heavy atom. The lowest BCUT2D eigenvalue weighted by molar-refractivity contribution is 0.0465. The second kappa shape index (κ2) is 11.2. The summed E-state index contributed by atoms with van der Waals surface area (Å²) in [6.07, 6.45) is 2.67. The lowest BCUT2D eigenvalue weighted by atomic mass is 10.1. The molecule has 4 aromatic rings. The number of pyridine rings is 1. The van der Waals surface area contributed by atoms with Crippen molar-refractivity contribution in [3.8, 4) is 5.88 Å². The molecule has 1 aliphatic heterocycles. The molecule has 1 fully saturated rings. The summed E-state index contributed by atoms with van der Waals surface area (Å²) < 4.78 is 35.4. The number of carbonyl (C=O) groups is 1. The molecule has 0 radical (unpaired) electrons. The van der Waals surface area contributed by atoms with Crippen molar-refractivity contribution >= 4 is 34.2 Å². The Hall–Kier alpha value is -3.57. The van der Waals surface area contributed by atoms with Gasteiger partial charge in [-0.2, -0.15) is 4.37 Å². The van der Waals surface area contributed by atoms with Gasteiger partial charge >= 0.3 is 0 Å². The second-order valence-electron chi connectivity index (χ2n) is 8.94. The molecule has 1 N–H and O–H groups in total. The van der Waals surface area contributed by atoms with E-state index in [2.05, 4.69) is 24.6 Å². The van der Waals surface area contributed by atoms with Gasteiger partial charge in [0.25, 0.3) is 12.3 Å². The van der Waals surface area contributed by atoms with Crippen LogP contribution in [-0.4, -0.2) is 62.3 Å². The first-order valence-electron chi connectivity index (χ1n) is 12.0. The third kappa shape index (κ3) is 6.23. The Balaban J connectivity index is 1.20.